The third-order valence-electron chi connectivity index (χ3n) is 0.969. The van der Waals surface area contributed by atoms with Crippen molar-refractivity contribution in [1.82, 2.24) is 0 Å². The van der Waals surface area contributed by atoms with Crippen LogP contribution >= 0.6 is 15.9 Å². The van der Waals surface area contributed by atoms with Crippen molar-refractivity contribution in [3.8, 4) is 5.75 Å². The van der Waals surface area contributed by atoms with Crippen LogP contribution in [0.25, 0.3) is 0 Å². The number of aromatic hydroxyl groups is 1. The van der Waals surface area contributed by atoms with Gasteiger partial charge in [-0.25, -0.2) is 8.78 Å². The molecule has 1 aromatic rings. The molecule has 0 saturated heterocycles. The average Bonchev–Trinajstić information content (AvgIpc) is 1.82. The van der Waals surface area contributed by atoms with E-state index in [1.807, 2.05) is 0 Å². The molecular weight excluding hydrogens is 206 g/mol. The smallest absolute Gasteiger partial charge is 0.173 e. The summed E-state index contributed by atoms with van der Waals surface area (Å²) in [5.41, 5.74) is 0. The predicted octanol–water partition coefficient (Wildman–Crippen LogP) is 2.43. The Balaban J connectivity index is 3.31. The topological polar surface area (TPSA) is 20.2 Å². The Morgan fingerprint density at radius 1 is 1.30 bits per heavy atom. The second-order valence-electron chi connectivity index (χ2n) is 1.72. The molecule has 0 heterocycles. The molecule has 0 saturated carbocycles. The summed E-state index contributed by atoms with van der Waals surface area (Å²) in [7, 11) is 0. The van der Waals surface area contributed by atoms with Gasteiger partial charge in [-0.05, 0) is 22.0 Å². The van der Waals surface area contributed by atoms with E-state index in [-0.39, 0.29) is 10.2 Å². The second kappa shape index (κ2) is 2.54. The highest BCUT2D eigenvalue weighted by Gasteiger charge is 2.06. The lowest BCUT2D eigenvalue weighted by atomic mass is 10.3. The van der Waals surface area contributed by atoms with E-state index in [1.54, 1.807) is 0 Å². The predicted molar refractivity (Wildman–Crippen MR) is 35.7 cm³/mol. The minimum Gasteiger partial charge on any atom is -0.508 e. The van der Waals surface area contributed by atoms with Crippen LogP contribution in [0.4, 0.5) is 8.78 Å². The minimum atomic E-state index is -1.06. The van der Waals surface area contributed by atoms with Gasteiger partial charge in [0.25, 0.3) is 0 Å². The van der Waals surface area contributed by atoms with Crippen LogP contribution in [0.2, 0.25) is 0 Å². The van der Waals surface area contributed by atoms with Crippen molar-refractivity contribution in [1.29, 1.82) is 0 Å². The van der Waals surface area contributed by atoms with E-state index in [0.717, 1.165) is 6.07 Å². The molecule has 0 bridgehead atoms. The van der Waals surface area contributed by atoms with E-state index in [4.69, 9.17) is 5.11 Å². The van der Waals surface area contributed by atoms with Gasteiger partial charge in [0.2, 0.25) is 0 Å². The minimum absolute atomic E-state index is 0.0787. The first-order chi connectivity index (χ1) is 4.61. The van der Waals surface area contributed by atoms with E-state index >= 15 is 0 Å². The first kappa shape index (κ1) is 7.47. The van der Waals surface area contributed by atoms with Crippen LogP contribution in [-0.2, 0) is 0 Å². The lowest BCUT2D eigenvalue weighted by molar-refractivity contribution is 0.452. The van der Waals surface area contributed by atoms with Crippen LogP contribution in [0.3, 0.4) is 0 Å². The van der Waals surface area contributed by atoms with Gasteiger partial charge in [-0.2, -0.15) is 0 Å². The zero-order chi connectivity index (χ0) is 7.72. The van der Waals surface area contributed by atoms with Gasteiger partial charge >= 0.3 is 0 Å². The summed E-state index contributed by atoms with van der Waals surface area (Å²) < 4.78 is 24.6. The number of phenolic OH excluding ortho intramolecular Hbond substituents is 1. The molecule has 0 amide bonds. The third-order valence-corrected chi connectivity index (χ3v) is 1.55. The fourth-order valence-electron chi connectivity index (χ4n) is 0.542. The van der Waals surface area contributed by atoms with Crippen molar-refractivity contribution in [3.05, 3.63) is 28.2 Å². The van der Waals surface area contributed by atoms with E-state index in [9.17, 15) is 8.78 Å². The molecule has 1 aromatic carbocycles. The molecule has 0 radical (unpaired) electrons. The molecule has 54 valence electrons. The summed E-state index contributed by atoms with van der Waals surface area (Å²) in [4.78, 5) is 0. The van der Waals surface area contributed by atoms with Gasteiger partial charge in [0.15, 0.2) is 11.6 Å². The van der Waals surface area contributed by atoms with Gasteiger partial charge in [-0.15, -0.1) is 0 Å². The van der Waals surface area contributed by atoms with Crippen molar-refractivity contribution in [3.63, 3.8) is 0 Å². The van der Waals surface area contributed by atoms with Crippen LogP contribution in [0.15, 0.2) is 16.6 Å². The molecule has 0 atom stereocenters. The summed E-state index contributed by atoms with van der Waals surface area (Å²) in [6.45, 7) is 0. The number of rotatable bonds is 0. The lowest BCUT2D eigenvalue weighted by Crippen LogP contribution is -1.83. The van der Waals surface area contributed by atoms with E-state index < -0.39 is 11.6 Å². The highest BCUT2D eigenvalue weighted by Crippen LogP contribution is 2.23. The zero-order valence-corrected chi connectivity index (χ0v) is 6.32. The van der Waals surface area contributed by atoms with Crippen LogP contribution in [-0.4, -0.2) is 5.11 Å². The quantitative estimate of drug-likeness (QED) is 0.650. The highest BCUT2D eigenvalue weighted by atomic mass is 79.9. The Bertz CT molecular complexity index is 239. The van der Waals surface area contributed by atoms with Gasteiger partial charge in [0.1, 0.15) is 5.75 Å². The van der Waals surface area contributed by atoms with Gasteiger partial charge in [0.05, 0.1) is 4.47 Å². The first-order valence-corrected chi connectivity index (χ1v) is 3.24. The van der Waals surface area contributed by atoms with Gasteiger partial charge in [0, 0.05) is 6.07 Å². The standard InChI is InChI=1S/C6H3BrF2O/c7-4-1-3(10)2-5(8)6(4)9/h1-2,10H. The van der Waals surface area contributed by atoms with E-state index in [2.05, 4.69) is 15.9 Å². The maximum Gasteiger partial charge on any atom is 0.173 e. The van der Waals surface area contributed by atoms with Crippen LogP contribution < -0.4 is 0 Å². The van der Waals surface area contributed by atoms with Crippen LogP contribution in [0, 0.1) is 11.6 Å². The molecule has 0 aliphatic heterocycles. The van der Waals surface area contributed by atoms with Crippen molar-refractivity contribution in [2.24, 2.45) is 0 Å². The Kier molecular flexibility index (Phi) is 1.89. The molecular formula is C6H3BrF2O. The average molecular weight is 209 g/mol. The van der Waals surface area contributed by atoms with E-state index in [1.165, 1.54) is 0 Å². The van der Waals surface area contributed by atoms with Gasteiger partial charge in [-0.3, -0.25) is 0 Å². The van der Waals surface area contributed by atoms with Crippen molar-refractivity contribution in [2.75, 3.05) is 0 Å². The fourth-order valence-corrected chi connectivity index (χ4v) is 0.966. The molecule has 0 aliphatic carbocycles. The Hall–Kier alpha value is -0.640. The van der Waals surface area contributed by atoms with Crippen LogP contribution in [0.1, 0.15) is 0 Å². The number of hydrogen-bond acceptors (Lipinski definition) is 1. The summed E-state index contributed by atoms with van der Waals surface area (Å²) in [6.07, 6.45) is 0. The Morgan fingerprint density at radius 3 is 2.40 bits per heavy atom. The monoisotopic (exact) mass is 208 g/mol. The first-order valence-electron chi connectivity index (χ1n) is 2.45. The summed E-state index contributed by atoms with van der Waals surface area (Å²) >= 11 is 2.72. The molecule has 10 heavy (non-hydrogen) atoms. The number of hydrogen-bond donors (Lipinski definition) is 1. The molecule has 1 nitrogen and oxygen atoms in total. The number of benzene rings is 1. The lowest BCUT2D eigenvalue weighted by Gasteiger charge is -1.96. The Morgan fingerprint density at radius 2 is 1.90 bits per heavy atom. The molecule has 1 N–H and O–H groups in total. The third kappa shape index (κ3) is 1.26. The summed E-state index contributed by atoms with van der Waals surface area (Å²) in [5, 5.41) is 8.68. The van der Waals surface area contributed by atoms with Crippen molar-refractivity contribution < 1.29 is 13.9 Å². The summed E-state index contributed by atoms with van der Waals surface area (Å²) in [6, 6.07) is 1.79. The van der Waals surface area contributed by atoms with Crippen LogP contribution in [0.5, 0.6) is 5.75 Å². The summed E-state index contributed by atoms with van der Waals surface area (Å²) in [5.74, 6) is -2.35. The molecule has 0 aliphatic rings. The maximum absolute atomic E-state index is 12.4. The second-order valence-corrected chi connectivity index (χ2v) is 2.58. The number of phenols is 1. The zero-order valence-electron chi connectivity index (χ0n) is 4.74. The maximum atomic E-state index is 12.4. The van der Waals surface area contributed by atoms with Gasteiger partial charge < -0.3 is 5.11 Å². The highest BCUT2D eigenvalue weighted by molar-refractivity contribution is 9.10. The molecule has 1 rings (SSSR count). The molecule has 0 spiro atoms. The normalized spacial score (nSPS) is 9.90. The fraction of sp³-hybridized carbons (Fsp3) is 0. The van der Waals surface area contributed by atoms with E-state index in [0.29, 0.717) is 6.07 Å². The molecule has 4 heteroatoms. The molecule has 0 fully saturated rings. The SMILES string of the molecule is Oc1cc(F)c(F)c(Br)c1. The molecule has 0 aromatic heterocycles. The largest absolute Gasteiger partial charge is 0.508 e. The number of halogens is 3. The molecule has 0 unspecified atom stereocenters. The Labute approximate surface area is 64.4 Å². The van der Waals surface area contributed by atoms with Crippen molar-refractivity contribution >= 4 is 15.9 Å². The van der Waals surface area contributed by atoms with Crippen molar-refractivity contribution in [2.45, 2.75) is 0 Å². The van der Waals surface area contributed by atoms with Gasteiger partial charge in [-0.1, -0.05) is 0 Å².